The number of aryl methyl sites for hydroxylation is 2. The fraction of sp³-hybridized carbons (Fsp3) is 0.389. The number of hydrogen-bond donors (Lipinski definition) is 1. The predicted octanol–water partition coefficient (Wildman–Crippen LogP) is 0.361. The Kier molecular flexibility index (Phi) is 4.21. The van der Waals surface area contributed by atoms with Crippen LogP contribution in [0.1, 0.15) is 11.3 Å². The molecule has 0 aromatic carbocycles. The van der Waals surface area contributed by atoms with Crippen molar-refractivity contribution in [3.05, 3.63) is 58.4 Å². The summed E-state index contributed by atoms with van der Waals surface area (Å²) in [6.45, 7) is 3.46. The number of pyridine rings is 1. The van der Waals surface area contributed by atoms with Crippen molar-refractivity contribution in [1.29, 1.82) is 0 Å². The molecule has 136 valence electrons. The first-order valence-electron chi connectivity index (χ1n) is 8.53. The Bertz CT molecular complexity index is 996. The van der Waals surface area contributed by atoms with Crippen LogP contribution in [0.5, 0.6) is 5.75 Å². The predicted molar refractivity (Wildman–Crippen MR) is 95.1 cm³/mol. The molecule has 26 heavy (non-hydrogen) atoms. The van der Waals surface area contributed by atoms with Crippen LogP contribution in [-0.2, 0) is 13.6 Å². The molecule has 2 atom stereocenters. The SMILES string of the molecule is Cc1cccn2c(=O)cc(CN3C[C@@H](O)[C@H](Oc4cnn(C)c4)C3)nc12. The van der Waals surface area contributed by atoms with E-state index in [1.165, 1.54) is 0 Å². The van der Waals surface area contributed by atoms with Crippen LogP contribution in [0.15, 0.2) is 41.6 Å². The maximum absolute atomic E-state index is 12.3. The highest BCUT2D eigenvalue weighted by atomic mass is 16.5. The molecule has 4 rings (SSSR count). The molecule has 0 spiro atoms. The van der Waals surface area contributed by atoms with E-state index in [1.54, 1.807) is 33.7 Å². The molecule has 0 saturated carbocycles. The normalized spacial score (nSPS) is 20.7. The zero-order valence-corrected chi connectivity index (χ0v) is 14.7. The van der Waals surface area contributed by atoms with Gasteiger partial charge in [-0.05, 0) is 18.6 Å². The lowest BCUT2D eigenvalue weighted by Crippen LogP contribution is -2.29. The maximum Gasteiger partial charge on any atom is 0.258 e. The molecule has 3 aromatic rings. The summed E-state index contributed by atoms with van der Waals surface area (Å²) in [6.07, 6.45) is 4.19. The van der Waals surface area contributed by atoms with Gasteiger partial charge in [0.1, 0.15) is 17.9 Å². The van der Waals surface area contributed by atoms with Crippen LogP contribution in [0.4, 0.5) is 0 Å². The van der Waals surface area contributed by atoms with E-state index in [0.717, 1.165) is 5.56 Å². The third-order valence-electron chi connectivity index (χ3n) is 4.61. The van der Waals surface area contributed by atoms with Crippen molar-refractivity contribution in [2.45, 2.75) is 25.7 Å². The van der Waals surface area contributed by atoms with Crippen molar-refractivity contribution in [1.82, 2.24) is 24.1 Å². The number of ether oxygens (including phenoxy) is 1. The van der Waals surface area contributed by atoms with Gasteiger partial charge in [0.05, 0.1) is 18.1 Å². The Morgan fingerprint density at radius 2 is 2.23 bits per heavy atom. The average Bonchev–Trinajstić information content (AvgIpc) is 3.15. The quantitative estimate of drug-likeness (QED) is 0.727. The number of likely N-dealkylation sites (tertiary alicyclic amines) is 1. The number of aliphatic hydroxyl groups excluding tert-OH is 1. The highest BCUT2D eigenvalue weighted by molar-refractivity contribution is 5.46. The fourth-order valence-corrected chi connectivity index (χ4v) is 3.33. The van der Waals surface area contributed by atoms with Gasteiger partial charge in [-0.15, -0.1) is 0 Å². The van der Waals surface area contributed by atoms with Crippen LogP contribution in [0.2, 0.25) is 0 Å². The molecule has 1 fully saturated rings. The van der Waals surface area contributed by atoms with Gasteiger partial charge in [-0.2, -0.15) is 5.10 Å². The van der Waals surface area contributed by atoms with Crippen LogP contribution in [-0.4, -0.2) is 54.5 Å². The third-order valence-corrected chi connectivity index (χ3v) is 4.61. The number of β-amino-alcohol motifs (C(OH)–C–C–N with tert-alkyl or cyclic N) is 1. The van der Waals surface area contributed by atoms with Gasteiger partial charge in [-0.25, -0.2) is 4.98 Å². The number of aliphatic hydroxyl groups is 1. The molecule has 1 saturated heterocycles. The second-order valence-corrected chi connectivity index (χ2v) is 6.74. The number of rotatable bonds is 4. The minimum atomic E-state index is -0.599. The lowest BCUT2D eigenvalue weighted by atomic mass is 10.2. The van der Waals surface area contributed by atoms with E-state index in [1.807, 2.05) is 31.0 Å². The molecular formula is C18H21N5O3. The lowest BCUT2D eigenvalue weighted by molar-refractivity contribution is 0.0736. The van der Waals surface area contributed by atoms with Gasteiger partial charge in [-0.3, -0.25) is 18.8 Å². The third kappa shape index (κ3) is 3.21. The highest BCUT2D eigenvalue weighted by Crippen LogP contribution is 2.19. The van der Waals surface area contributed by atoms with Gasteiger partial charge in [-0.1, -0.05) is 6.07 Å². The number of fused-ring (bicyclic) bond motifs is 1. The molecule has 1 aliphatic heterocycles. The summed E-state index contributed by atoms with van der Waals surface area (Å²) in [4.78, 5) is 19.0. The van der Waals surface area contributed by atoms with Gasteiger partial charge in [0.2, 0.25) is 0 Å². The first-order chi connectivity index (χ1) is 12.5. The standard InChI is InChI=1S/C18H21N5O3/c1-12-4-3-5-23-17(25)6-13(20-18(12)23)8-22-10-15(24)16(11-22)26-14-7-19-21(2)9-14/h3-7,9,15-16,24H,8,10-11H2,1-2H3/t15-,16-/m1/s1. The lowest BCUT2D eigenvalue weighted by Gasteiger charge is -2.16. The largest absolute Gasteiger partial charge is 0.483 e. The van der Waals surface area contributed by atoms with Gasteiger partial charge in [0.25, 0.3) is 5.56 Å². The van der Waals surface area contributed by atoms with Crippen molar-refractivity contribution >= 4 is 5.65 Å². The molecular weight excluding hydrogens is 334 g/mol. The van der Waals surface area contributed by atoms with E-state index in [0.29, 0.717) is 36.7 Å². The van der Waals surface area contributed by atoms with Crippen molar-refractivity contribution < 1.29 is 9.84 Å². The Labute approximate surface area is 150 Å². The van der Waals surface area contributed by atoms with Gasteiger partial charge < -0.3 is 9.84 Å². The first-order valence-corrected chi connectivity index (χ1v) is 8.53. The molecule has 0 bridgehead atoms. The van der Waals surface area contributed by atoms with E-state index in [2.05, 4.69) is 10.1 Å². The second kappa shape index (κ2) is 6.54. The smallest absolute Gasteiger partial charge is 0.258 e. The van der Waals surface area contributed by atoms with E-state index < -0.39 is 6.10 Å². The summed E-state index contributed by atoms with van der Waals surface area (Å²) in [5, 5.41) is 14.4. The Morgan fingerprint density at radius 3 is 3.00 bits per heavy atom. The summed E-state index contributed by atoms with van der Waals surface area (Å²) in [6, 6.07) is 5.32. The Balaban J connectivity index is 1.50. The van der Waals surface area contributed by atoms with Crippen molar-refractivity contribution in [3.8, 4) is 5.75 Å². The molecule has 8 nitrogen and oxygen atoms in total. The van der Waals surface area contributed by atoms with Gasteiger partial charge in [0, 0.05) is 38.9 Å². The van der Waals surface area contributed by atoms with Gasteiger partial charge >= 0.3 is 0 Å². The zero-order chi connectivity index (χ0) is 18.3. The van der Waals surface area contributed by atoms with Crippen LogP contribution < -0.4 is 10.3 Å². The molecule has 0 amide bonds. The number of nitrogens with zero attached hydrogens (tertiary/aromatic N) is 5. The topological polar surface area (TPSA) is 84.9 Å². The molecule has 8 heteroatoms. The summed E-state index contributed by atoms with van der Waals surface area (Å²) in [5.74, 6) is 0.635. The second-order valence-electron chi connectivity index (χ2n) is 6.74. The minimum absolute atomic E-state index is 0.100. The molecule has 0 radical (unpaired) electrons. The first kappa shape index (κ1) is 16.7. The zero-order valence-electron chi connectivity index (χ0n) is 14.7. The van der Waals surface area contributed by atoms with Crippen LogP contribution in [0.3, 0.4) is 0 Å². The monoisotopic (exact) mass is 355 g/mol. The summed E-state index contributed by atoms with van der Waals surface area (Å²) in [7, 11) is 1.82. The van der Waals surface area contributed by atoms with E-state index in [4.69, 9.17) is 4.74 Å². The molecule has 1 aliphatic rings. The van der Waals surface area contributed by atoms with Crippen molar-refractivity contribution in [2.75, 3.05) is 13.1 Å². The summed E-state index contributed by atoms with van der Waals surface area (Å²) in [5.41, 5.74) is 2.21. The highest BCUT2D eigenvalue weighted by Gasteiger charge is 2.33. The van der Waals surface area contributed by atoms with E-state index in [-0.39, 0.29) is 11.7 Å². The molecule has 4 heterocycles. The van der Waals surface area contributed by atoms with Crippen molar-refractivity contribution in [2.24, 2.45) is 7.05 Å². The van der Waals surface area contributed by atoms with E-state index >= 15 is 0 Å². The molecule has 0 unspecified atom stereocenters. The number of hydrogen-bond acceptors (Lipinski definition) is 6. The molecule has 1 N–H and O–H groups in total. The molecule has 0 aliphatic carbocycles. The summed E-state index contributed by atoms with van der Waals surface area (Å²) < 4.78 is 9.03. The number of aromatic nitrogens is 4. The van der Waals surface area contributed by atoms with Gasteiger partial charge in [0.15, 0.2) is 5.75 Å². The average molecular weight is 355 g/mol. The summed E-state index contributed by atoms with van der Waals surface area (Å²) >= 11 is 0. The van der Waals surface area contributed by atoms with Crippen LogP contribution in [0.25, 0.3) is 5.65 Å². The fourth-order valence-electron chi connectivity index (χ4n) is 3.33. The maximum atomic E-state index is 12.3. The Hall–Kier alpha value is -2.71. The molecule has 3 aromatic heterocycles. The van der Waals surface area contributed by atoms with Crippen LogP contribution in [0, 0.1) is 6.92 Å². The Morgan fingerprint density at radius 1 is 1.38 bits per heavy atom. The van der Waals surface area contributed by atoms with E-state index in [9.17, 15) is 9.90 Å². The minimum Gasteiger partial charge on any atom is -0.483 e. The van der Waals surface area contributed by atoms with Crippen LogP contribution >= 0.6 is 0 Å². The van der Waals surface area contributed by atoms with Crippen molar-refractivity contribution in [3.63, 3.8) is 0 Å².